The first-order chi connectivity index (χ1) is 11.0. The van der Waals surface area contributed by atoms with E-state index >= 15 is 0 Å². The third-order valence-electron chi connectivity index (χ3n) is 5.00. The van der Waals surface area contributed by atoms with E-state index in [0.717, 1.165) is 18.6 Å². The van der Waals surface area contributed by atoms with E-state index in [1.807, 2.05) is 6.92 Å². The van der Waals surface area contributed by atoms with Gasteiger partial charge in [0, 0.05) is 18.8 Å². The predicted molar refractivity (Wildman–Crippen MR) is 85.6 cm³/mol. The minimum absolute atomic E-state index is 0.0751. The monoisotopic (exact) mass is 318 g/mol. The molecule has 1 aromatic rings. The van der Waals surface area contributed by atoms with Crippen molar-refractivity contribution < 1.29 is 19.4 Å². The number of amides is 2. The molecule has 1 saturated carbocycles. The Morgan fingerprint density at radius 2 is 2.13 bits per heavy atom. The minimum atomic E-state index is -0.767. The van der Waals surface area contributed by atoms with Gasteiger partial charge in [-0.1, -0.05) is 6.42 Å². The molecule has 2 aliphatic rings. The Bertz CT molecular complexity index is 601. The summed E-state index contributed by atoms with van der Waals surface area (Å²) in [5.41, 5.74) is -0.0595. The standard InChI is InChI=1S/C17H22N2O4/c1-2-23-14-7-5-13(6-8-14)18-16(22)19-10-12-4-3-9-17(12,11-19)15(20)21/h5-8,12H,2-4,9-11H2,1H3,(H,18,22)(H,20,21)/t12-,17+/m0/s1. The maximum absolute atomic E-state index is 12.4. The van der Waals surface area contributed by atoms with Gasteiger partial charge in [-0.25, -0.2) is 4.79 Å². The molecule has 0 radical (unpaired) electrons. The fourth-order valence-corrected chi connectivity index (χ4v) is 3.80. The summed E-state index contributed by atoms with van der Waals surface area (Å²) in [6.07, 6.45) is 2.49. The van der Waals surface area contributed by atoms with E-state index in [9.17, 15) is 14.7 Å². The summed E-state index contributed by atoms with van der Waals surface area (Å²) < 4.78 is 5.37. The van der Waals surface area contributed by atoms with Crippen LogP contribution in [0, 0.1) is 11.3 Å². The summed E-state index contributed by atoms with van der Waals surface area (Å²) >= 11 is 0. The number of anilines is 1. The number of likely N-dealkylation sites (tertiary alicyclic amines) is 1. The lowest BCUT2D eigenvalue weighted by atomic mass is 9.81. The first-order valence-corrected chi connectivity index (χ1v) is 8.07. The highest BCUT2D eigenvalue weighted by Gasteiger charge is 2.55. The predicted octanol–water partition coefficient (Wildman–Crippen LogP) is 2.80. The van der Waals surface area contributed by atoms with E-state index in [0.29, 0.717) is 31.8 Å². The van der Waals surface area contributed by atoms with Crippen LogP contribution in [0.1, 0.15) is 26.2 Å². The molecule has 1 aliphatic carbocycles. The molecule has 0 unspecified atom stereocenters. The molecule has 0 spiro atoms. The molecule has 6 nitrogen and oxygen atoms in total. The van der Waals surface area contributed by atoms with Gasteiger partial charge in [0.1, 0.15) is 5.75 Å². The van der Waals surface area contributed by atoms with Crippen LogP contribution in [-0.4, -0.2) is 41.7 Å². The minimum Gasteiger partial charge on any atom is -0.494 e. The second-order valence-electron chi connectivity index (χ2n) is 6.32. The van der Waals surface area contributed by atoms with Crippen LogP contribution < -0.4 is 10.1 Å². The van der Waals surface area contributed by atoms with Gasteiger partial charge in [0.05, 0.1) is 12.0 Å². The second kappa shape index (κ2) is 6.10. The zero-order valence-corrected chi connectivity index (χ0v) is 13.2. The Hall–Kier alpha value is -2.24. The summed E-state index contributed by atoms with van der Waals surface area (Å²) in [6.45, 7) is 3.33. The number of benzene rings is 1. The number of hydrogen-bond donors (Lipinski definition) is 2. The summed E-state index contributed by atoms with van der Waals surface area (Å²) in [4.78, 5) is 25.7. The Morgan fingerprint density at radius 3 is 2.74 bits per heavy atom. The van der Waals surface area contributed by atoms with E-state index in [1.54, 1.807) is 29.2 Å². The Kier molecular flexibility index (Phi) is 4.15. The largest absolute Gasteiger partial charge is 0.494 e. The molecule has 23 heavy (non-hydrogen) atoms. The van der Waals surface area contributed by atoms with E-state index in [4.69, 9.17) is 4.74 Å². The number of nitrogens with zero attached hydrogens (tertiary/aromatic N) is 1. The first-order valence-electron chi connectivity index (χ1n) is 8.07. The van der Waals surface area contributed by atoms with Crippen LogP contribution in [-0.2, 0) is 4.79 Å². The number of nitrogens with one attached hydrogen (secondary N) is 1. The van der Waals surface area contributed by atoms with E-state index in [1.165, 1.54) is 0 Å². The molecule has 1 aliphatic heterocycles. The normalized spacial score (nSPS) is 26.0. The Labute approximate surface area is 135 Å². The number of carboxylic acids is 1. The maximum Gasteiger partial charge on any atom is 0.321 e. The SMILES string of the molecule is CCOc1ccc(NC(=O)N2C[C@@H]3CCC[C@@]3(C(=O)O)C2)cc1. The summed E-state index contributed by atoms with van der Waals surface area (Å²) in [7, 11) is 0. The lowest BCUT2D eigenvalue weighted by Gasteiger charge is -2.23. The summed E-state index contributed by atoms with van der Waals surface area (Å²) in [6, 6.07) is 6.94. The molecule has 0 aromatic heterocycles. The van der Waals surface area contributed by atoms with Crippen LogP contribution in [0.3, 0.4) is 0 Å². The van der Waals surface area contributed by atoms with Crippen molar-refractivity contribution >= 4 is 17.7 Å². The molecule has 2 amide bonds. The fraction of sp³-hybridized carbons (Fsp3) is 0.529. The van der Waals surface area contributed by atoms with Crippen LogP contribution in [0.25, 0.3) is 0 Å². The van der Waals surface area contributed by atoms with Crippen molar-refractivity contribution in [3.63, 3.8) is 0 Å². The third kappa shape index (κ3) is 2.85. The van der Waals surface area contributed by atoms with Crippen molar-refractivity contribution in [1.29, 1.82) is 0 Å². The number of carboxylic acid groups (broad SMARTS) is 1. The molecule has 6 heteroatoms. The number of carbonyl (C=O) groups excluding carboxylic acids is 1. The van der Waals surface area contributed by atoms with Crippen LogP contribution in [0.15, 0.2) is 24.3 Å². The van der Waals surface area contributed by atoms with Gasteiger partial charge in [-0.3, -0.25) is 4.79 Å². The molecule has 2 atom stereocenters. The molecule has 1 saturated heterocycles. The van der Waals surface area contributed by atoms with Gasteiger partial charge in [0.15, 0.2) is 0 Å². The van der Waals surface area contributed by atoms with Crippen LogP contribution in [0.4, 0.5) is 10.5 Å². The number of fused-ring (bicyclic) bond motifs is 1. The average Bonchev–Trinajstić information content (AvgIpc) is 3.07. The third-order valence-corrected chi connectivity index (χ3v) is 5.00. The molecule has 2 N–H and O–H groups in total. The molecule has 3 rings (SSSR count). The molecule has 0 bridgehead atoms. The molecule has 1 aromatic carbocycles. The molecular weight excluding hydrogens is 296 g/mol. The summed E-state index contributed by atoms with van der Waals surface area (Å²) in [5.74, 6) is 0.0634. The van der Waals surface area contributed by atoms with Gasteiger partial charge < -0.3 is 20.1 Å². The molecule has 2 fully saturated rings. The Balaban J connectivity index is 1.64. The van der Waals surface area contributed by atoms with Crippen LogP contribution in [0.2, 0.25) is 0 Å². The van der Waals surface area contributed by atoms with Crippen molar-refractivity contribution in [3.05, 3.63) is 24.3 Å². The highest BCUT2D eigenvalue weighted by molar-refractivity contribution is 5.90. The van der Waals surface area contributed by atoms with E-state index < -0.39 is 11.4 Å². The van der Waals surface area contributed by atoms with Gasteiger partial charge >= 0.3 is 12.0 Å². The maximum atomic E-state index is 12.4. The number of urea groups is 1. The average molecular weight is 318 g/mol. The topological polar surface area (TPSA) is 78.9 Å². The van der Waals surface area contributed by atoms with Crippen molar-refractivity contribution in [2.45, 2.75) is 26.2 Å². The lowest BCUT2D eigenvalue weighted by Crippen LogP contribution is -2.38. The summed E-state index contributed by atoms with van der Waals surface area (Å²) in [5, 5.41) is 12.4. The van der Waals surface area contributed by atoms with Crippen LogP contribution >= 0.6 is 0 Å². The van der Waals surface area contributed by atoms with Crippen LogP contribution in [0.5, 0.6) is 5.75 Å². The van der Waals surface area contributed by atoms with Gasteiger partial charge in [0.25, 0.3) is 0 Å². The zero-order chi connectivity index (χ0) is 16.4. The van der Waals surface area contributed by atoms with Crippen molar-refractivity contribution in [2.24, 2.45) is 11.3 Å². The quantitative estimate of drug-likeness (QED) is 0.895. The highest BCUT2D eigenvalue weighted by atomic mass is 16.5. The van der Waals surface area contributed by atoms with Gasteiger partial charge in [0.2, 0.25) is 0 Å². The first kappa shape index (κ1) is 15.6. The second-order valence-corrected chi connectivity index (χ2v) is 6.32. The number of carbonyl (C=O) groups is 2. The van der Waals surface area contributed by atoms with Gasteiger partial charge in [-0.05, 0) is 49.9 Å². The van der Waals surface area contributed by atoms with Gasteiger partial charge in [-0.2, -0.15) is 0 Å². The zero-order valence-electron chi connectivity index (χ0n) is 13.2. The van der Waals surface area contributed by atoms with E-state index in [-0.39, 0.29) is 11.9 Å². The molecule has 124 valence electrons. The number of rotatable bonds is 4. The van der Waals surface area contributed by atoms with E-state index in [2.05, 4.69) is 5.32 Å². The van der Waals surface area contributed by atoms with Crippen molar-refractivity contribution in [1.82, 2.24) is 4.90 Å². The van der Waals surface area contributed by atoms with Crippen molar-refractivity contribution in [2.75, 3.05) is 25.0 Å². The Morgan fingerprint density at radius 1 is 1.39 bits per heavy atom. The molecular formula is C17H22N2O4. The number of hydrogen-bond acceptors (Lipinski definition) is 3. The van der Waals surface area contributed by atoms with Crippen molar-refractivity contribution in [3.8, 4) is 5.75 Å². The fourth-order valence-electron chi connectivity index (χ4n) is 3.80. The highest BCUT2D eigenvalue weighted by Crippen LogP contribution is 2.48. The number of ether oxygens (including phenoxy) is 1. The molecule has 1 heterocycles. The van der Waals surface area contributed by atoms with Gasteiger partial charge in [-0.15, -0.1) is 0 Å². The lowest BCUT2D eigenvalue weighted by molar-refractivity contribution is -0.149. The number of aliphatic carboxylic acids is 1. The smallest absolute Gasteiger partial charge is 0.321 e.